The number of thiophene rings is 1. The van der Waals surface area contributed by atoms with Crippen molar-refractivity contribution in [1.29, 1.82) is 0 Å². The Morgan fingerprint density at radius 2 is 2.14 bits per heavy atom. The molecule has 0 unspecified atom stereocenters. The van der Waals surface area contributed by atoms with E-state index < -0.39 is 12.1 Å². The van der Waals surface area contributed by atoms with Crippen LogP contribution in [-0.4, -0.2) is 47.3 Å². The second-order valence-corrected chi connectivity index (χ2v) is 7.35. The Bertz CT molecular complexity index is 602. The zero-order chi connectivity index (χ0) is 16.4. The lowest BCUT2D eigenvalue weighted by Crippen LogP contribution is -2.42. The van der Waals surface area contributed by atoms with Crippen molar-refractivity contribution < 1.29 is 14.4 Å². The zero-order valence-electron chi connectivity index (χ0n) is 12.6. The van der Waals surface area contributed by atoms with Crippen LogP contribution in [0.15, 0.2) is 12.1 Å². The molecule has 120 valence electrons. The molecule has 1 aromatic rings. The van der Waals surface area contributed by atoms with Gasteiger partial charge >= 0.3 is 6.03 Å². The van der Waals surface area contributed by atoms with Gasteiger partial charge in [0.15, 0.2) is 0 Å². The van der Waals surface area contributed by atoms with Crippen molar-refractivity contribution in [1.82, 2.24) is 15.1 Å². The lowest BCUT2D eigenvalue weighted by Gasteiger charge is -2.20. The number of amides is 4. The molecule has 22 heavy (non-hydrogen) atoms. The highest BCUT2D eigenvalue weighted by Gasteiger charge is 2.40. The van der Waals surface area contributed by atoms with Crippen molar-refractivity contribution in [3.8, 4) is 0 Å². The summed E-state index contributed by atoms with van der Waals surface area (Å²) in [7, 11) is 1.63. The molecule has 1 N–H and O–H groups in total. The van der Waals surface area contributed by atoms with Crippen LogP contribution in [0.25, 0.3) is 0 Å². The highest BCUT2D eigenvalue weighted by molar-refractivity contribution is 7.16. The molecule has 0 aromatic carbocycles. The normalized spacial score (nSPS) is 18.0. The summed E-state index contributed by atoms with van der Waals surface area (Å²) >= 11 is 7.25. The number of imide groups is 1. The Hall–Kier alpha value is -1.60. The van der Waals surface area contributed by atoms with Gasteiger partial charge in [-0.2, -0.15) is 0 Å². The molecule has 0 saturated carbocycles. The van der Waals surface area contributed by atoms with Gasteiger partial charge in [-0.15, -0.1) is 11.3 Å². The molecule has 1 aromatic heterocycles. The van der Waals surface area contributed by atoms with E-state index in [1.807, 2.05) is 19.9 Å². The second kappa shape index (κ2) is 6.66. The molecule has 0 bridgehead atoms. The van der Waals surface area contributed by atoms with Gasteiger partial charge < -0.3 is 10.2 Å². The fourth-order valence-electron chi connectivity index (χ4n) is 2.16. The molecule has 1 aliphatic rings. The van der Waals surface area contributed by atoms with E-state index in [9.17, 15) is 14.4 Å². The number of hydrogen-bond acceptors (Lipinski definition) is 4. The average Bonchev–Trinajstić information content (AvgIpc) is 2.96. The zero-order valence-corrected chi connectivity index (χ0v) is 14.2. The first-order valence-electron chi connectivity index (χ1n) is 6.89. The summed E-state index contributed by atoms with van der Waals surface area (Å²) in [5, 5.41) is 2.60. The van der Waals surface area contributed by atoms with Crippen molar-refractivity contribution >= 4 is 40.8 Å². The van der Waals surface area contributed by atoms with Crippen molar-refractivity contribution in [3.63, 3.8) is 0 Å². The van der Waals surface area contributed by atoms with E-state index in [4.69, 9.17) is 11.6 Å². The number of nitrogens with zero attached hydrogens (tertiary/aromatic N) is 2. The first kappa shape index (κ1) is 16.8. The van der Waals surface area contributed by atoms with Gasteiger partial charge in [-0.05, 0) is 18.1 Å². The quantitative estimate of drug-likeness (QED) is 0.830. The van der Waals surface area contributed by atoms with E-state index in [0.29, 0.717) is 10.9 Å². The maximum absolute atomic E-state index is 12.2. The van der Waals surface area contributed by atoms with E-state index in [2.05, 4.69) is 5.32 Å². The average molecular weight is 344 g/mol. The van der Waals surface area contributed by atoms with Gasteiger partial charge in [0.05, 0.1) is 10.9 Å². The molecule has 1 saturated heterocycles. The largest absolute Gasteiger partial charge is 0.339 e. The van der Waals surface area contributed by atoms with Crippen LogP contribution in [0.1, 0.15) is 18.7 Å². The number of likely N-dealkylation sites (N-methyl/N-ethyl adjacent to an activating group) is 1. The minimum absolute atomic E-state index is 0.0115. The van der Waals surface area contributed by atoms with Crippen molar-refractivity contribution in [2.24, 2.45) is 5.92 Å². The van der Waals surface area contributed by atoms with E-state index in [-0.39, 0.29) is 24.3 Å². The maximum atomic E-state index is 12.2. The molecular weight excluding hydrogens is 326 g/mol. The molecule has 2 heterocycles. The van der Waals surface area contributed by atoms with Crippen LogP contribution in [-0.2, 0) is 16.1 Å². The Morgan fingerprint density at radius 1 is 1.45 bits per heavy atom. The lowest BCUT2D eigenvalue weighted by molar-refractivity contribution is -0.137. The Balaban J connectivity index is 1.96. The van der Waals surface area contributed by atoms with Gasteiger partial charge in [0.1, 0.15) is 12.6 Å². The third-order valence-corrected chi connectivity index (χ3v) is 4.68. The third kappa shape index (κ3) is 3.59. The van der Waals surface area contributed by atoms with Crippen LogP contribution < -0.4 is 5.32 Å². The van der Waals surface area contributed by atoms with Gasteiger partial charge in [0, 0.05) is 11.9 Å². The fraction of sp³-hybridized carbons (Fsp3) is 0.500. The van der Waals surface area contributed by atoms with Gasteiger partial charge in [0.25, 0.3) is 5.91 Å². The molecule has 6 nitrogen and oxygen atoms in total. The van der Waals surface area contributed by atoms with Crippen LogP contribution in [0.4, 0.5) is 4.79 Å². The number of urea groups is 1. The molecule has 1 atom stereocenters. The summed E-state index contributed by atoms with van der Waals surface area (Å²) in [4.78, 5) is 39.6. The minimum Gasteiger partial charge on any atom is -0.339 e. The number of hydrogen-bond donors (Lipinski definition) is 1. The summed E-state index contributed by atoms with van der Waals surface area (Å²) in [6.45, 7) is 3.85. The molecule has 0 aliphatic carbocycles. The summed E-state index contributed by atoms with van der Waals surface area (Å²) in [5.41, 5.74) is 0. The molecular formula is C14H18ClN3O3S. The number of carbonyl (C=O) groups excluding carboxylic acids is 3. The molecule has 2 rings (SSSR count). The SMILES string of the molecule is CC(C)[C@H]1NC(=O)N(CC(=O)N(C)Cc2ccc(Cl)s2)C1=O. The summed E-state index contributed by atoms with van der Waals surface area (Å²) in [6, 6.07) is 2.55. The van der Waals surface area contributed by atoms with Crippen LogP contribution in [0.3, 0.4) is 0 Å². The maximum Gasteiger partial charge on any atom is 0.325 e. The van der Waals surface area contributed by atoms with Gasteiger partial charge in [-0.1, -0.05) is 25.4 Å². The highest BCUT2D eigenvalue weighted by atomic mass is 35.5. The summed E-state index contributed by atoms with van der Waals surface area (Å²) in [5.74, 6) is -0.652. The Labute approximate surface area is 138 Å². The molecule has 1 aliphatic heterocycles. The van der Waals surface area contributed by atoms with Crippen LogP contribution in [0.2, 0.25) is 4.34 Å². The van der Waals surface area contributed by atoms with E-state index in [0.717, 1.165) is 9.78 Å². The van der Waals surface area contributed by atoms with Crippen molar-refractivity contribution in [3.05, 3.63) is 21.3 Å². The van der Waals surface area contributed by atoms with Crippen molar-refractivity contribution in [2.45, 2.75) is 26.4 Å². The molecule has 0 spiro atoms. The topological polar surface area (TPSA) is 69.7 Å². The number of carbonyl (C=O) groups is 3. The van der Waals surface area contributed by atoms with Crippen LogP contribution in [0.5, 0.6) is 0 Å². The Morgan fingerprint density at radius 3 is 2.64 bits per heavy atom. The predicted octanol–water partition coefficient (Wildman–Crippen LogP) is 1.94. The van der Waals surface area contributed by atoms with Gasteiger partial charge in [0.2, 0.25) is 5.91 Å². The van der Waals surface area contributed by atoms with Crippen LogP contribution >= 0.6 is 22.9 Å². The number of rotatable bonds is 5. The highest BCUT2D eigenvalue weighted by Crippen LogP contribution is 2.22. The molecule has 1 fully saturated rings. The molecule has 0 radical (unpaired) electrons. The number of nitrogens with one attached hydrogen (secondary N) is 1. The smallest absolute Gasteiger partial charge is 0.325 e. The number of halogens is 1. The predicted molar refractivity (Wildman–Crippen MR) is 84.7 cm³/mol. The van der Waals surface area contributed by atoms with Crippen molar-refractivity contribution in [2.75, 3.05) is 13.6 Å². The minimum atomic E-state index is -0.554. The fourth-order valence-corrected chi connectivity index (χ4v) is 3.30. The van der Waals surface area contributed by atoms with Gasteiger partial charge in [-0.3, -0.25) is 14.5 Å². The van der Waals surface area contributed by atoms with E-state index in [1.54, 1.807) is 13.1 Å². The summed E-state index contributed by atoms with van der Waals surface area (Å²) < 4.78 is 0.657. The van der Waals surface area contributed by atoms with Gasteiger partial charge in [-0.25, -0.2) is 4.79 Å². The lowest BCUT2D eigenvalue weighted by atomic mass is 10.1. The first-order chi connectivity index (χ1) is 10.3. The molecule has 8 heteroatoms. The second-order valence-electron chi connectivity index (χ2n) is 5.55. The standard InChI is InChI=1S/C14H18ClN3O3S/c1-8(2)12-13(20)18(14(21)16-12)7-11(19)17(3)6-9-4-5-10(15)22-9/h4-5,8,12H,6-7H2,1-3H3,(H,16,21)/t12-/m1/s1. The van der Waals surface area contributed by atoms with Crippen LogP contribution in [0, 0.1) is 5.92 Å². The van der Waals surface area contributed by atoms with E-state index >= 15 is 0 Å². The molecule has 4 amide bonds. The summed E-state index contributed by atoms with van der Waals surface area (Å²) in [6.07, 6.45) is 0. The monoisotopic (exact) mass is 343 g/mol. The first-order valence-corrected chi connectivity index (χ1v) is 8.09. The Kier molecular flexibility index (Phi) is 5.08. The third-order valence-electron chi connectivity index (χ3n) is 3.46. The van der Waals surface area contributed by atoms with E-state index in [1.165, 1.54) is 16.2 Å².